The van der Waals surface area contributed by atoms with E-state index in [0.29, 0.717) is 0 Å². The van der Waals surface area contributed by atoms with E-state index in [4.69, 9.17) is 5.73 Å². The van der Waals surface area contributed by atoms with Crippen LogP contribution < -0.4 is 5.73 Å². The second-order valence-electron chi connectivity index (χ2n) is 4.54. The number of benzene rings is 1. The Hall–Kier alpha value is -0.860. The molecule has 0 unspecified atom stereocenters. The highest BCUT2D eigenvalue weighted by Gasteiger charge is 2.19. The number of aryl methyl sites for hydroxylation is 2. The van der Waals surface area contributed by atoms with Crippen LogP contribution in [0.5, 0.6) is 0 Å². The van der Waals surface area contributed by atoms with Gasteiger partial charge >= 0.3 is 0 Å². The van der Waals surface area contributed by atoms with E-state index < -0.39 is 6.10 Å². The molecule has 0 aliphatic heterocycles. The SMILES string of the molecule is CCCC[C@@H](O)[C@@H](N)c1c(C)cccc1C. The van der Waals surface area contributed by atoms with Gasteiger partial charge in [-0.1, -0.05) is 38.0 Å². The van der Waals surface area contributed by atoms with Crippen molar-refractivity contribution < 1.29 is 5.11 Å². The summed E-state index contributed by atoms with van der Waals surface area (Å²) in [4.78, 5) is 0. The highest BCUT2D eigenvalue weighted by atomic mass is 16.3. The molecule has 1 rings (SSSR count). The summed E-state index contributed by atoms with van der Waals surface area (Å²) < 4.78 is 0. The van der Waals surface area contributed by atoms with E-state index in [9.17, 15) is 5.11 Å². The first-order chi connectivity index (χ1) is 7.57. The molecule has 0 fully saturated rings. The summed E-state index contributed by atoms with van der Waals surface area (Å²) in [5, 5.41) is 10.0. The van der Waals surface area contributed by atoms with Crippen LogP contribution in [0.3, 0.4) is 0 Å². The molecule has 0 aliphatic rings. The monoisotopic (exact) mass is 221 g/mol. The number of nitrogens with two attached hydrogens (primary N) is 1. The molecule has 0 saturated carbocycles. The van der Waals surface area contributed by atoms with Crippen LogP contribution in [0.4, 0.5) is 0 Å². The van der Waals surface area contributed by atoms with Crippen molar-refractivity contribution >= 4 is 0 Å². The first kappa shape index (κ1) is 13.2. The van der Waals surface area contributed by atoms with Gasteiger partial charge in [0.05, 0.1) is 12.1 Å². The molecule has 0 saturated heterocycles. The van der Waals surface area contributed by atoms with Crippen molar-refractivity contribution in [2.75, 3.05) is 0 Å². The number of unbranched alkanes of at least 4 members (excludes halogenated alkanes) is 1. The summed E-state index contributed by atoms with van der Waals surface area (Å²) in [6.45, 7) is 6.22. The molecular weight excluding hydrogens is 198 g/mol. The maximum Gasteiger partial charge on any atom is 0.0733 e. The molecule has 0 amide bonds. The van der Waals surface area contributed by atoms with Crippen molar-refractivity contribution in [1.82, 2.24) is 0 Å². The van der Waals surface area contributed by atoms with Gasteiger partial charge in [0.1, 0.15) is 0 Å². The second-order valence-corrected chi connectivity index (χ2v) is 4.54. The van der Waals surface area contributed by atoms with E-state index in [0.717, 1.165) is 24.8 Å². The van der Waals surface area contributed by atoms with Crippen LogP contribution >= 0.6 is 0 Å². The van der Waals surface area contributed by atoms with Crippen molar-refractivity contribution in [1.29, 1.82) is 0 Å². The molecule has 2 atom stereocenters. The fourth-order valence-electron chi connectivity index (χ4n) is 2.14. The van der Waals surface area contributed by atoms with E-state index in [-0.39, 0.29) is 6.04 Å². The molecule has 16 heavy (non-hydrogen) atoms. The summed E-state index contributed by atoms with van der Waals surface area (Å²) in [5.41, 5.74) is 9.57. The third-order valence-corrected chi connectivity index (χ3v) is 3.14. The third-order valence-electron chi connectivity index (χ3n) is 3.14. The van der Waals surface area contributed by atoms with Gasteiger partial charge in [0, 0.05) is 0 Å². The molecule has 0 aromatic heterocycles. The molecule has 0 aliphatic carbocycles. The molecule has 3 N–H and O–H groups in total. The molecule has 1 aromatic rings. The van der Waals surface area contributed by atoms with Gasteiger partial charge in [-0.15, -0.1) is 0 Å². The summed E-state index contributed by atoms with van der Waals surface area (Å²) in [7, 11) is 0. The fraction of sp³-hybridized carbons (Fsp3) is 0.571. The van der Waals surface area contributed by atoms with E-state index in [1.54, 1.807) is 0 Å². The lowest BCUT2D eigenvalue weighted by molar-refractivity contribution is 0.132. The minimum absolute atomic E-state index is 0.257. The Labute approximate surface area is 98.5 Å². The van der Waals surface area contributed by atoms with E-state index >= 15 is 0 Å². The van der Waals surface area contributed by atoms with Crippen LogP contribution in [0.1, 0.15) is 48.9 Å². The Balaban J connectivity index is 2.82. The Morgan fingerprint density at radius 2 is 1.81 bits per heavy atom. The number of hydrogen-bond acceptors (Lipinski definition) is 2. The number of aliphatic hydroxyl groups is 1. The second kappa shape index (κ2) is 6.02. The topological polar surface area (TPSA) is 46.2 Å². The zero-order chi connectivity index (χ0) is 12.1. The highest BCUT2D eigenvalue weighted by molar-refractivity contribution is 5.36. The number of aliphatic hydroxyl groups excluding tert-OH is 1. The molecule has 1 aromatic carbocycles. The van der Waals surface area contributed by atoms with E-state index in [1.807, 2.05) is 6.07 Å². The maximum atomic E-state index is 10.0. The molecule has 2 nitrogen and oxygen atoms in total. The quantitative estimate of drug-likeness (QED) is 0.803. The smallest absolute Gasteiger partial charge is 0.0733 e. The van der Waals surface area contributed by atoms with Gasteiger partial charge in [-0.05, 0) is 37.0 Å². The van der Waals surface area contributed by atoms with Gasteiger partial charge in [-0.2, -0.15) is 0 Å². The molecule has 90 valence electrons. The molecule has 0 bridgehead atoms. The van der Waals surface area contributed by atoms with Crippen molar-refractivity contribution in [2.24, 2.45) is 5.73 Å². The summed E-state index contributed by atoms with van der Waals surface area (Å²) in [5.74, 6) is 0. The normalized spacial score (nSPS) is 14.8. The Morgan fingerprint density at radius 3 is 2.31 bits per heavy atom. The Morgan fingerprint density at radius 1 is 1.25 bits per heavy atom. The maximum absolute atomic E-state index is 10.0. The van der Waals surface area contributed by atoms with E-state index in [2.05, 4.69) is 32.9 Å². The van der Waals surface area contributed by atoms with Gasteiger partial charge in [0.25, 0.3) is 0 Å². The molecule has 2 heteroatoms. The molecule has 0 radical (unpaired) electrons. The van der Waals surface area contributed by atoms with Crippen LogP contribution in [0, 0.1) is 13.8 Å². The zero-order valence-electron chi connectivity index (χ0n) is 10.5. The minimum Gasteiger partial charge on any atom is -0.391 e. The zero-order valence-corrected chi connectivity index (χ0v) is 10.5. The summed E-state index contributed by atoms with van der Waals surface area (Å²) >= 11 is 0. The Kier molecular flexibility index (Phi) is 4.97. The van der Waals surface area contributed by atoms with Crippen molar-refractivity contribution in [3.05, 3.63) is 34.9 Å². The van der Waals surface area contributed by atoms with Crippen molar-refractivity contribution in [2.45, 2.75) is 52.2 Å². The van der Waals surface area contributed by atoms with Gasteiger partial charge < -0.3 is 10.8 Å². The van der Waals surface area contributed by atoms with Crippen LogP contribution in [0.15, 0.2) is 18.2 Å². The van der Waals surface area contributed by atoms with Crippen LogP contribution in [-0.4, -0.2) is 11.2 Å². The first-order valence-corrected chi connectivity index (χ1v) is 6.07. The summed E-state index contributed by atoms with van der Waals surface area (Å²) in [6.07, 6.45) is 2.47. The summed E-state index contributed by atoms with van der Waals surface area (Å²) in [6, 6.07) is 5.87. The van der Waals surface area contributed by atoms with Crippen LogP contribution in [-0.2, 0) is 0 Å². The third kappa shape index (κ3) is 3.06. The first-order valence-electron chi connectivity index (χ1n) is 6.07. The lowest BCUT2D eigenvalue weighted by Gasteiger charge is -2.22. The fourth-order valence-corrected chi connectivity index (χ4v) is 2.14. The van der Waals surface area contributed by atoms with Crippen molar-refractivity contribution in [3.8, 4) is 0 Å². The molecule has 0 spiro atoms. The van der Waals surface area contributed by atoms with E-state index in [1.165, 1.54) is 11.1 Å². The van der Waals surface area contributed by atoms with Gasteiger partial charge in [0.15, 0.2) is 0 Å². The van der Waals surface area contributed by atoms with Gasteiger partial charge in [-0.25, -0.2) is 0 Å². The predicted octanol–water partition coefficient (Wildman–Crippen LogP) is 2.85. The van der Waals surface area contributed by atoms with Crippen LogP contribution in [0.2, 0.25) is 0 Å². The lowest BCUT2D eigenvalue weighted by Crippen LogP contribution is -2.27. The average molecular weight is 221 g/mol. The van der Waals surface area contributed by atoms with Gasteiger partial charge in [0.2, 0.25) is 0 Å². The average Bonchev–Trinajstić information content (AvgIpc) is 2.25. The van der Waals surface area contributed by atoms with Gasteiger partial charge in [-0.3, -0.25) is 0 Å². The number of rotatable bonds is 5. The lowest BCUT2D eigenvalue weighted by atomic mass is 9.91. The minimum atomic E-state index is -0.431. The number of hydrogen-bond donors (Lipinski definition) is 2. The molecule has 0 heterocycles. The Bertz CT molecular complexity index is 315. The molecular formula is C14H23NO. The van der Waals surface area contributed by atoms with Crippen molar-refractivity contribution in [3.63, 3.8) is 0 Å². The highest BCUT2D eigenvalue weighted by Crippen LogP contribution is 2.24. The predicted molar refractivity (Wildman–Crippen MR) is 68.4 cm³/mol. The largest absolute Gasteiger partial charge is 0.391 e. The van der Waals surface area contributed by atoms with Crippen LogP contribution in [0.25, 0.3) is 0 Å². The standard InChI is InChI=1S/C14H23NO/c1-4-5-9-12(16)14(15)13-10(2)7-6-8-11(13)3/h6-8,12,14,16H,4-5,9,15H2,1-3H3/t12-,14-/m1/s1.